The molecule has 1 N–H and O–H groups in total. The van der Waals surface area contributed by atoms with Crippen LogP contribution in [0.2, 0.25) is 0 Å². The third kappa shape index (κ3) is 3.47. The molecular formula is C15H23NO. The maximum absolute atomic E-state index is 5.52. The molecule has 1 unspecified atom stereocenters. The minimum atomic E-state index is 0.776. The number of nitrogens with one attached hydrogen (secondary N) is 1. The Morgan fingerprint density at radius 3 is 3.12 bits per heavy atom. The molecule has 0 bridgehead atoms. The molecule has 0 aliphatic carbocycles. The zero-order valence-electron chi connectivity index (χ0n) is 11.0. The summed E-state index contributed by atoms with van der Waals surface area (Å²) in [4.78, 5) is 0. The summed E-state index contributed by atoms with van der Waals surface area (Å²) in [5, 5.41) is 3.23. The van der Waals surface area contributed by atoms with Crippen molar-refractivity contribution in [1.82, 2.24) is 5.32 Å². The number of hydrogen-bond donors (Lipinski definition) is 1. The van der Waals surface area contributed by atoms with Crippen LogP contribution in [0.3, 0.4) is 0 Å². The summed E-state index contributed by atoms with van der Waals surface area (Å²) in [5.41, 5.74) is 2.86. The van der Waals surface area contributed by atoms with Gasteiger partial charge in [-0.3, -0.25) is 0 Å². The lowest BCUT2D eigenvalue weighted by Crippen LogP contribution is -2.16. The molecule has 94 valence electrons. The summed E-state index contributed by atoms with van der Waals surface area (Å²) in [6.07, 6.45) is 4.86. The molecule has 0 spiro atoms. The molecular weight excluding hydrogens is 210 g/mol. The van der Waals surface area contributed by atoms with Crippen molar-refractivity contribution in [3.8, 4) is 5.75 Å². The molecule has 0 amide bonds. The Morgan fingerprint density at radius 2 is 2.29 bits per heavy atom. The molecule has 1 heterocycles. The second-order valence-corrected chi connectivity index (χ2v) is 5.10. The summed E-state index contributed by atoms with van der Waals surface area (Å²) < 4.78 is 5.52. The first-order valence-corrected chi connectivity index (χ1v) is 6.69. The lowest BCUT2D eigenvalue weighted by Gasteiger charge is -2.10. The number of rotatable bonds is 6. The van der Waals surface area contributed by atoms with Gasteiger partial charge in [0.25, 0.3) is 0 Å². The van der Waals surface area contributed by atoms with Gasteiger partial charge < -0.3 is 10.1 Å². The topological polar surface area (TPSA) is 21.3 Å². The van der Waals surface area contributed by atoms with Crippen LogP contribution < -0.4 is 10.1 Å². The van der Waals surface area contributed by atoms with Crippen LogP contribution in [-0.4, -0.2) is 20.2 Å². The SMILES string of the molecule is CNCC(C)CCCc1ccc2c(c1)CCO2. The molecule has 2 nitrogen and oxygen atoms in total. The van der Waals surface area contributed by atoms with Crippen LogP contribution >= 0.6 is 0 Å². The molecule has 0 saturated heterocycles. The van der Waals surface area contributed by atoms with E-state index < -0.39 is 0 Å². The van der Waals surface area contributed by atoms with E-state index in [1.54, 1.807) is 0 Å². The average molecular weight is 233 g/mol. The lowest BCUT2D eigenvalue weighted by molar-refractivity contribution is 0.357. The van der Waals surface area contributed by atoms with E-state index in [2.05, 4.69) is 30.4 Å². The number of aryl methyl sites for hydroxylation is 1. The first kappa shape index (κ1) is 12.4. The van der Waals surface area contributed by atoms with Crippen LogP contribution in [0.4, 0.5) is 0 Å². The minimum absolute atomic E-state index is 0.776. The number of hydrogen-bond acceptors (Lipinski definition) is 2. The highest BCUT2D eigenvalue weighted by atomic mass is 16.5. The molecule has 0 fully saturated rings. The van der Waals surface area contributed by atoms with Crippen LogP contribution in [0.25, 0.3) is 0 Å². The molecule has 0 aromatic heterocycles. The number of benzene rings is 1. The van der Waals surface area contributed by atoms with Gasteiger partial charge in [-0.15, -0.1) is 0 Å². The van der Waals surface area contributed by atoms with Gasteiger partial charge in [-0.1, -0.05) is 19.1 Å². The van der Waals surface area contributed by atoms with Crippen molar-refractivity contribution in [2.24, 2.45) is 5.92 Å². The highest BCUT2D eigenvalue weighted by Gasteiger charge is 2.11. The summed E-state index contributed by atoms with van der Waals surface area (Å²) in [6, 6.07) is 6.67. The van der Waals surface area contributed by atoms with Gasteiger partial charge in [0.15, 0.2) is 0 Å². The van der Waals surface area contributed by atoms with Crippen molar-refractivity contribution in [1.29, 1.82) is 0 Å². The summed E-state index contributed by atoms with van der Waals surface area (Å²) in [5.74, 6) is 1.87. The van der Waals surface area contributed by atoms with Crippen LogP contribution in [0, 0.1) is 5.92 Å². The van der Waals surface area contributed by atoms with E-state index in [0.29, 0.717) is 0 Å². The van der Waals surface area contributed by atoms with E-state index in [9.17, 15) is 0 Å². The van der Waals surface area contributed by atoms with Crippen LogP contribution in [-0.2, 0) is 12.8 Å². The van der Waals surface area contributed by atoms with Crippen molar-refractivity contribution in [3.63, 3.8) is 0 Å². The standard InChI is InChI=1S/C15H23NO/c1-12(11-16-2)4-3-5-13-6-7-15-14(10-13)8-9-17-15/h6-7,10,12,16H,3-5,8-9,11H2,1-2H3. The Balaban J connectivity index is 1.79. The first-order chi connectivity index (χ1) is 8.29. The monoisotopic (exact) mass is 233 g/mol. The molecule has 1 aromatic rings. The Hall–Kier alpha value is -1.02. The van der Waals surface area contributed by atoms with E-state index >= 15 is 0 Å². The van der Waals surface area contributed by atoms with Gasteiger partial charge in [0.1, 0.15) is 5.75 Å². The van der Waals surface area contributed by atoms with Crippen molar-refractivity contribution in [3.05, 3.63) is 29.3 Å². The van der Waals surface area contributed by atoms with Crippen LogP contribution in [0.1, 0.15) is 30.9 Å². The quantitative estimate of drug-likeness (QED) is 0.816. The minimum Gasteiger partial charge on any atom is -0.493 e. The van der Waals surface area contributed by atoms with Gasteiger partial charge in [0, 0.05) is 6.42 Å². The molecule has 1 aliphatic rings. The van der Waals surface area contributed by atoms with Gasteiger partial charge in [-0.25, -0.2) is 0 Å². The second kappa shape index (κ2) is 6.06. The zero-order chi connectivity index (χ0) is 12.1. The molecule has 1 aliphatic heterocycles. The Labute approximate surface area is 104 Å². The van der Waals surface area contributed by atoms with Gasteiger partial charge in [-0.2, -0.15) is 0 Å². The van der Waals surface area contributed by atoms with Crippen molar-refractivity contribution in [2.45, 2.75) is 32.6 Å². The Kier molecular flexibility index (Phi) is 4.43. The van der Waals surface area contributed by atoms with Gasteiger partial charge in [0.05, 0.1) is 6.61 Å². The first-order valence-electron chi connectivity index (χ1n) is 6.69. The van der Waals surface area contributed by atoms with E-state index in [4.69, 9.17) is 4.74 Å². The fourth-order valence-electron chi connectivity index (χ4n) is 2.50. The second-order valence-electron chi connectivity index (χ2n) is 5.10. The van der Waals surface area contributed by atoms with E-state index in [0.717, 1.165) is 31.2 Å². The highest BCUT2D eigenvalue weighted by Crippen LogP contribution is 2.26. The predicted octanol–water partition coefficient (Wildman–Crippen LogP) is 2.80. The molecule has 2 rings (SSSR count). The molecule has 1 aromatic carbocycles. The van der Waals surface area contributed by atoms with Gasteiger partial charge >= 0.3 is 0 Å². The Morgan fingerprint density at radius 1 is 1.41 bits per heavy atom. The molecule has 1 atom stereocenters. The fourth-order valence-corrected chi connectivity index (χ4v) is 2.50. The van der Waals surface area contributed by atoms with Crippen LogP contribution in [0.5, 0.6) is 5.75 Å². The lowest BCUT2D eigenvalue weighted by atomic mass is 9.99. The number of ether oxygens (including phenoxy) is 1. The third-order valence-corrected chi connectivity index (χ3v) is 3.47. The smallest absolute Gasteiger partial charge is 0.122 e. The highest BCUT2D eigenvalue weighted by molar-refractivity contribution is 5.39. The molecule has 17 heavy (non-hydrogen) atoms. The maximum Gasteiger partial charge on any atom is 0.122 e. The maximum atomic E-state index is 5.52. The zero-order valence-corrected chi connectivity index (χ0v) is 11.0. The van der Waals surface area contributed by atoms with E-state index in [1.807, 2.05) is 7.05 Å². The molecule has 0 radical (unpaired) electrons. The average Bonchev–Trinajstić information content (AvgIpc) is 2.76. The van der Waals surface area contributed by atoms with Crippen molar-refractivity contribution >= 4 is 0 Å². The molecule has 0 saturated carbocycles. The number of fused-ring (bicyclic) bond motifs is 1. The summed E-state index contributed by atoms with van der Waals surface area (Å²) in [6.45, 7) is 4.29. The van der Waals surface area contributed by atoms with Crippen LogP contribution in [0.15, 0.2) is 18.2 Å². The summed E-state index contributed by atoms with van der Waals surface area (Å²) in [7, 11) is 2.02. The van der Waals surface area contributed by atoms with Crippen molar-refractivity contribution < 1.29 is 4.74 Å². The normalized spacial score (nSPS) is 15.4. The predicted molar refractivity (Wildman–Crippen MR) is 71.7 cm³/mol. The summed E-state index contributed by atoms with van der Waals surface area (Å²) >= 11 is 0. The van der Waals surface area contributed by atoms with E-state index in [-0.39, 0.29) is 0 Å². The molecule has 2 heteroatoms. The Bertz CT molecular complexity index is 362. The van der Waals surface area contributed by atoms with Crippen molar-refractivity contribution in [2.75, 3.05) is 20.2 Å². The third-order valence-electron chi connectivity index (χ3n) is 3.47. The largest absolute Gasteiger partial charge is 0.493 e. The van der Waals surface area contributed by atoms with E-state index in [1.165, 1.54) is 30.4 Å². The van der Waals surface area contributed by atoms with Gasteiger partial charge in [0.2, 0.25) is 0 Å². The fraction of sp³-hybridized carbons (Fsp3) is 0.600. The van der Waals surface area contributed by atoms with Gasteiger partial charge in [-0.05, 0) is 56.0 Å².